The largest absolute Gasteiger partial charge is 0.454 e. The number of carbonyl (C=O) groups is 1. The van der Waals surface area contributed by atoms with E-state index in [0.717, 1.165) is 53.6 Å². The number of fused-ring (bicyclic) bond motifs is 1. The summed E-state index contributed by atoms with van der Waals surface area (Å²) in [7, 11) is 0. The summed E-state index contributed by atoms with van der Waals surface area (Å²) in [6.45, 7) is 4.17. The Morgan fingerprint density at radius 2 is 1.84 bits per heavy atom. The van der Waals surface area contributed by atoms with Crippen molar-refractivity contribution in [1.82, 2.24) is 20.0 Å². The second kappa shape index (κ2) is 9.44. The van der Waals surface area contributed by atoms with Crippen LogP contribution in [0.2, 0.25) is 0 Å². The van der Waals surface area contributed by atoms with Crippen LogP contribution >= 0.6 is 0 Å². The molecule has 1 N–H and O–H groups in total. The van der Waals surface area contributed by atoms with Gasteiger partial charge in [0.05, 0.1) is 11.4 Å². The summed E-state index contributed by atoms with van der Waals surface area (Å²) in [6, 6.07) is 15.9. The van der Waals surface area contributed by atoms with E-state index < -0.39 is 0 Å². The van der Waals surface area contributed by atoms with Crippen molar-refractivity contribution in [3.63, 3.8) is 0 Å². The number of ether oxygens (including phenoxy) is 2. The molecule has 32 heavy (non-hydrogen) atoms. The van der Waals surface area contributed by atoms with Crippen molar-refractivity contribution in [1.29, 1.82) is 0 Å². The van der Waals surface area contributed by atoms with Crippen LogP contribution in [0.4, 0.5) is 0 Å². The summed E-state index contributed by atoms with van der Waals surface area (Å²) in [4.78, 5) is 14.9. The van der Waals surface area contributed by atoms with Gasteiger partial charge in [-0.1, -0.05) is 18.2 Å². The van der Waals surface area contributed by atoms with Gasteiger partial charge in [0.1, 0.15) is 0 Å². The van der Waals surface area contributed by atoms with Crippen molar-refractivity contribution >= 4 is 5.91 Å². The first-order valence-corrected chi connectivity index (χ1v) is 11.3. The van der Waals surface area contributed by atoms with Crippen LogP contribution in [-0.4, -0.2) is 53.6 Å². The molecule has 0 aliphatic carbocycles. The van der Waals surface area contributed by atoms with Gasteiger partial charge in [0.25, 0.3) is 0 Å². The number of benzene rings is 2. The first kappa shape index (κ1) is 20.6. The van der Waals surface area contributed by atoms with Gasteiger partial charge >= 0.3 is 0 Å². The molecule has 2 aromatic carbocycles. The van der Waals surface area contributed by atoms with E-state index >= 15 is 0 Å². The van der Waals surface area contributed by atoms with Crippen LogP contribution in [0.5, 0.6) is 11.5 Å². The first-order chi connectivity index (χ1) is 15.8. The predicted molar refractivity (Wildman–Crippen MR) is 122 cm³/mol. The lowest BCUT2D eigenvalue weighted by atomic mass is 10.0. The van der Waals surface area contributed by atoms with Gasteiger partial charge in [-0.3, -0.25) is 4.79 Å². The molecule has 0 spiro atoms. The molecule has 3 aromatic rings. The van der Waals surface area contributed by atoms with Crippen molar-refractivity contribution < 1.29 is 14.3 Å². The molecule has 5 rings (SSSR count). The number of carbonyl (C=O) groups excluding carboxylic acids is 1. The Bertz CT molecular complexity index is 1070. The molecule has 0 atom stereocenters. The maximum atomic E-state index is 12.5. The summed E-state index contributed by atoms with van der Waals surface area (Å²) in [5.41, 5.74) is 3.82. The Balaban J connectivity index is 1.31. The quantitative estimate of drug-likeness (QED) is 0.591. The molecule has 0 saturated carbocycles. The molecule has 0 unspecified atom stereocenters. The van der Waals surface area contributed by atoms with Gasteiger partial charge in [-0.2, -0.15) is 5.10 Å². The molecule has 3 heterocycles. The number of amides is 1. The second-order valence-electron chi connectivity index (χ2n) is 8.25. The zero-order valence-electron chi connectivity index (χ0n) is 18.1. The predicted octanol–water partition coefficient (Wildman–Crippen LogP) is 3.41. The fraction of sp³-hybridized carbons (Fsp3) is 0.360. The number of aryl methyl sites for hydroxylation is 1. The van der Waals surface area contributed by atoms with E-state index in [2.05, 4.69) is 10.2 Å². The maximum absolute atomic E-state index is 12.5. The Labute approximate surface area is 187 Å². The van der Waals surface area contributed by atoms with Crippen LogP contribution in [0.15, 0.2) is 54.7 Å². The molecule has 0 radical (unpaired) electrons. The van der Waals surface area contributed by atoms with E-state index in [4.69, 9.17) is 14.6 Å². The van der Waals surface area contributed by atoms with Crippen LogP contribution in [0, 0.1) is 0 Å². The van der Waals surface area contributed by atoms with Gasteiger partial charge < -0.3 is 19.7 Å². The maximum Gasteiger partial charge on any atom is 0.231 e. The van der Waals surface area contributed by atoms with E-state index in [-0.39, 0.29) is 12.7 Å². The summed E-state index contributed by atoms with van der Waals surface area (Å²) >= 11 is 0. The summed E-state index contributed by atoms with van der Waals surface area (Å²) in [6.07, 6.45) is 5.60. The highest BCUT2D eigenvalue weighted by molar-refractivity contribution is 5.77. The summed E-state index contributed by atoms with van der Waals surface area (Å²) < 4.78 is 12.9. The zero-order valence-corrected chi connectivity index (χ0v) is 18.1. The number of nitrogens with zero attached hydrogens (tertiary/aromatic N) is 3. The molecular weight excluding hydrogens is 404 g/mol. The third kappa shape index (κ3) is 4.62. The number of likely N-dealkylation sites (tertiary alicyclic amines) is 1. The van der Waals surface area contributed by atoms with Crippen LogP contribution in [0.3, 0.4) is 0 Å². The van der Waals surface area contributed by atoms with Gasteiger partial charge in [0.15, 0.2) is 11.5 Å². The lowest BCUT2D eigenvalue weighted by Crippen LogP contribution is -2.33. The second-order valence-corrected chi connectivity index (χ2v) is 8.25. The monoisotopic (exact) mass is 432 g/mol. The van der Waals surface area contributed by atoms with E-state index in [0.29, 0.717) is 19.4 Å². The minimum atomic E-state index is 0.0771. The minimum absolute atomic E-state index is 0.0771. The zero-order chi connectivity index (χ0) is 21.8. The topological polar surface area (TPSA) is 68.6 Å². The number of para-hydroxylation sites is 1. The third-order valence-corrected chi connectivity index (χ3v) is 6.03. The van der Waals surface area contributed by atoms with E-state index in [1.807, 2.05) is 59.4 Å². The molecule has 1 fully saturated rings. The highest BCUT2D eigenvalue weighted by Crippen LogP contribution is 2.36. The molecule has 0 bridgehead atoms. The Morgan fingerprint density at radius 1 is 1.03 bits per heavy atom. The average Bonchev–Trinajstić information content (AvgIpc) is 3.58. The fourth-order valence-electron chi connectivity index (χ4n) is 4.29. The Hall–Kier alpha value is -3.32. The molecule has 2 aliphatic rings. The van der Waals surface area contributed by atoms with Gasteiger partial charge in [0.2, 0.25) is 12.7 Å². The van der Waals surface area contributed by atoms with Crippen LogP contribution in [0.25, 0.3) is 16.9 Å². The smallest absolute Gasteiger partial charge is 0.231 e. The molecular formula is C25H28N4O3. The Morgan fingerprint density at radius 3 is 2.69 bits per heavy atom. The van der Waals surface area contributed by atoms with Crippen molar-refractivity contribution in [2.75, 3.05) is 33.0 Å². The van der Waals surface area contributed by atoms with Gasteiger partial charge in [-0.25, -0.2) is 4.68 Å². The highest BCUT2D eigenvalue weighted by atomic mass is 16.7. The molecule has 1 aromatic heterocycles. The summed E-state index contributed by atoms with van der Waals surface area (Å²) in [5.74, 6) is 1.55. The van der Waals surface area contributed by atoms with Gasteiger partial charge in [0, 0.05) is 31.3 Å². The highest BCUT2D eigenvalue weighted by Gasteiger charge is 2.19. The van der Waals surface area contributed by atoms with Crippen molar-refractivity contribution in [2.24, 2.45) is 0 Å². The Kier molecular flexibility index (Phi) is 6.07. The molecule has 1 amide bonds. The van der Waals surface area contributed by atoms with E-state index in [1.54, 1.807) is 0 Å². The fourth-order valence-corrected chi connectivity index (χ4v) is 4.29. The standard InChI is InChI=1S/C25H28N4O3/c30-24(26-12-15-28-13-4-5-14-28)11-9-20-17-29(21-6-2-1-3-7-21)27-25(20)19-8-10-22-23(16-19)32-18-31-22/h1-3,6-8,10,16-17H,4-5,9,11-15,18H2,(H,26,30). The molecule has 7 heteroatoms. The first-order valence-electron chi connectivity index (χ1n) is 11.3. The van der Waals surface area contributed by atoms with E-state index in [9.17, 15) is 4.79 Å². The SMILES string of the molecule is O=C(CCc1cn(-c2ccccc2)nc1-c1ccc2c(c1)OCO2)NCCN1CCCC1. The van der Waals surface area contributed by atoms with Crippen LogP contribution in [0.1, 0.15) is 24.8 Å². The minimum Gasteiger partial charge on any atom is -0.454 e. The van der Waals surface area contributed by atoms with Crippen LogP contribution < -0.4 is 14.8 Å². The molecule has 166 valence electrons. The number of nitrogens with one attached hydrogen (secondary N) is 1. The lowest BCUT2D eigenvalue weighted by Gasteiger charge is -2.14. The molecule has 2 aliphatic heterocycles. The summed E-state index contributed by atoms with van der Waals surface area (Å²) in [5, 5.41) is 7.92. The molecule has 1 saturated heterocycles. The number of rotatable bonds is 8. The third-order valence-electron chi connectivity index (χ3n) is 6.03. The lowest BCUT2D eigenvalue weighted by molar-refractivity contribution is -0.121. The number of aromatic nitrogens is 2. The van der Waals surface area contributed by atoms with E-state index in [1.165, 1.54) is 12.8 Å². The van der Waals surface area contributed by atoms with Crippen LogP contribution in [-0.2, 0) is 11.2 Å². The normalized spacial score (nSPS) is 15.2. The van der Waals surface area contributed by atoms with Crippen molar-refractivity contribution in [3.05, 3.63) is 60.3 Å². The van der Waals surface area contributed by atoms with Crippen molar-refractivity contribution in [3.8, 4) is 28.4 Å². The number of hydrogen-bond acceptors (Lipinski definition) is 5. The molecule has 7 nitrogen and oxygen atoms in total. The van der Waals surface area contributed by atoms with Gasteiger partial charge in [-0.15, -0.1) is 0 Å². The van der Waals surface area contributed by atoms with Gasteiger partial charge in [-0.05, 0) is 68.2 Å². The van der Waals surface area contributed by atoms with Crippen molar-refractivity contribution in [2.45, 2.75) is 25.7 Å². The number of hydrogen-bond donors (Lipinski definition) is 1. The average molecular weight is 433 g/mol.